The molecule has 1 amide bonds. The zero-order valence-corrected chi connectivity index (χ0v) is 12.3. The normalized spacial score (nSPS) is 10.4. The molecular formula is C15H12BrF2NO. The van der Waals surface area contributed by atoms with E-state index in [9.17, 15) is 13.6 Å². The van der Waals surface area contributed by atoms with E-state index in [0.717, 1.165) is 0 Å². The van der Waals surface area contributed by atoms with Gasteiger partial charge < -0.3 is 4.90 Å². The van der Waals surface area contributed by atoms with Gasteiger partial charge in [-0.25, -0.2) is 8.78 Å². The predicted molar refractivity (Wildman–Crippen MR) is 76.3 cm³/mol. The van der Waals surface area contributed by atoms with Crippen LogP contribution in [-0.2, 0) is 6.54 Å². The zero-order chi connectivity index (χ0) is 14.7. The van der Waals surface area contributed by atoms with Crippen LogP contribution in [0.2, 0.25) is 0 Å². The third-order valence-corrected chi connectivity index (χ3v) is 3.51. The van der Waals surface area contributed by atoms with Crippen LogP contribution < -0.4 is 0 Å². The number of hydrogen-bond donors (Lipinski definition) is 0. The van der Waals surface area contributed by atoms with E-state index in [-0.39, 0.29) is 22.4 Å². The maximum Gasteiger partial charge on any atom is 0.256 e. The maximum absolute atomic E-state index is 13.9. The smallest absolute Gasteiger partial charge is 0.256 e. The molecule has 0 saturated heterocycles. The number of nitrogens with zero attached hydrogens (tertiary/aromatic N) is 1. The highest BCUT2D eigenvalue weighted by atomic mass is 79.9. The molecule has 0 saturated carbocycles. The minimum absolute atomic E-state index is 0.0433. The first-order valence-corrected chi connectivity index (χ1v) is 6.73. The highest BCUT2D eigenvalue weighted by Crippen LogP contribution is 2.20. The monoisotopic (exact) mass is 339 g/mol. The first-order chi connectivity index (χ1) is 9.50. The Morgan fingerprint density at radius 1 is 1.15 bits per heavy atom. The van der Waals surface area contributed by atoms with E-state index < -0.39 is 11.7 Å². The van der Waals surface area contributed by atoms with E-state index in [4.69, 9.17) is 0 Å². The molecule has 0 aliphatic carbocycles. The summed E-state index contributed by atoms with van der Waals surface area (Å²) in [7, 11) is 1.51. The van der Waals surface area contributed by atoms with Crippen molar-refractivity contribution in [3.8, 4) is 0 Å². The van der Waals surface area contributed by atoms with Crippen molar-refractivity contribution in [1.82, 2.24) is 4.90 Å². The van der Waals surface area contributed by atoms with Gasteiger partial charge >= 0.3 is 0 Å². The Labute approximate surface area is 124 Å². The van der Waals surface area contributed by atoms with Gasteiger partial charge in [0, 0.05) is 19.2 Å². The standard InChI is InChI=1S/C15H12BrF2NO/c1-19(9-10-5-2-3-8-13(10)17)15(20)11-6-4-7-12(16)14(11)18/h2-8H,9H2,1H3. The van der Waals surface area contributed by atoms with E-state index in [1.807, 2.05) is 0 Å². The molecule has 0 radical (unpaired) electrons. The molecule has 0 heterocycles. The van der Waals surface area contributed by atoms with E-state index in [1.165, 1.54) is 30.1 Å². The second kappa shape index (κ2) is 6.13. The summed E-state index contributed by atoms with van der Waals surface area (Å²) < 4.78 is 27.6. The van der Waals surface area contributed by atoms with Crippen LogP contribution in [0.15, 0.2) is 46.9 Å². The Bertz CT molecular complexity index is 646. The van der Waals surface area contributed by atoms with Crippen molar-refractivity contribution in [3.63, 3.8) is 0 Å². The van der Waals surface area contributed by atoms with Gasteiger partial charge in [0.15, 0.2) is 0 Å². The van der Waals surface area contributed by atoms with E-state index >= 15 is 0 Å². The van der Waals surface area contributed by atoms with Crippen LogP contribution in [0.1, 0.15) is 15.9 Å². The van der Waals surface area contributed by atoms with Crippen molar-refractivity contribution in [3.05, 3.63) is 69.7 Å². The summed E-state index contributed by atoms with van der Waals surface area (Å²) in [6.07, 6.45) is 0. The van der Waals surface area contributed by atoms with Gasteiger partial charge in [-0.15, -0.1) is 0 Å². The van der Waals surface area contributed by atoms with Crippen LogP contribution in [0.3, 0.4) is 0 Å². The Kier molecular flexibility index (Phi) is 4.49. The molecule has 0 aliphatic rings. The van der Waals surface area contributed by atoms with Crippen molar-refractivity contribution >= 4 is 21.8 Å². The second-order valence-electron chi connectivity index (χ2n) is 4.35. The molecule has 0 aromatic heterocycles. The van der Waals surface area contributed by atoms with Gasteiger partial charge in [-0.3, -0.25) is 4.79 Å². The lowest BCUT2D eigenvalue weighted by Gasteiger charge is -2.18. The van der Waals surface area contributed by atoms with Crippen molar-refractivity contribution in [2.75, 3.05) is 7.05 Å². The third-order valence-electron chi connectivity index (χ3n) is 2.89. The number of halogens is 3. The van der Waals surface area contributed by atoms with Crippen molar-refractivity contribution in [2.24, 2.45) is 0 Å². The van der Waals surface area contributed by atoms with Gasteiger partial charge in [-0.05, 0) is 34.1 Å². The van der Waals surface area contributed by atoms with Gasteiger partial charge in [0.25, 0.3) is 5.91 Å². The fourth-order valence-electron chi connectivity index (χ4n) is 1.83. The lowest BCUT2D eigenvalue weighted by Crippen LogP contribution is -2.27. The number of rotatable bonds is 3. The van der Waals surface area contributed by atoms with Crippen LogP contribution >= 0.6 is 15.9 Å². The summed E-state index contributed by atoms with van der Waals surface area (Å²) in [6, 6.07) is 10.7. The Hall–Kier alpha value is -1.75. The van der Waals surface area contributed by atoms with Crippen LogP contribution in [-0.4, -0.2) is 17.9 Å². The molecule has 2 rings (SSSR count). The van der Waals surface area contributed by atoms with Crippen LogP contribution in [0, 0.1) is 11.6 Å². The Balaban J connectivity index is 2.21. The lowest BCUT2D eigenvalue weighted by molar-refractivity contribution is 0.0779. The number of carbonyl (C=O) groups is 1. The molecule has 0 unspecified atom stereocenters. The third kappa shape index (κ3) is 3.04. The molecule has 0 atom stereocenters. The molecule has 104 valence electrons. The number of benzene rings is 2. The minimum atomic E-state index is -0.613. The number of carbonyl (C=O) groups excluding carboxylic acids is 1. The fourth-order valence-corrected chi connectivity index (χ4v) is 2.19. The molecular weight excluding hydrogens is 328 g/mol. The van der Waals surface area contributed by atoms with E-state index in [1.54, 1.807) is 24.3 Å². The van der Waals surface area contributed by atoms with Gasteiger partial charge in [0.1, 0.15) is 11.6 Å². The summed E-state index contributed by atoms with van der Waals surface area (Å²) >= 11 is 3.04. The first kappa shape index (κ1) is 14.7. The fraction of sp³-hybridized carbons (Fsp3) is 0.133. The van der Waals surface area contributed by atoms with Gasteiger partial charge in [-0.1, -0.05) is 24.3 Å². The molecule has 2 nitrogen and oxygen atoms in total. The molecule has 20 heavy (non-hydrogen) atoms. The van der Waals surface area contributed by atoms with E-state index in [2.05, 4.69) is 15.9 Å². The lowest BCUT2D eigenvalue weighted by atomic mass is 10.1. The van der Waals surface area contributed by atoms with Crippen molar-refractivity contribution in [1.29, 1.82) is 0 Å². The molecule has 0 N–H and O–H groups in total. The highest BCUT2D eigenvalue weighted by molar-refractivity contribution is 9.10. The number of amides is 1. The SMILES string of the molecule is CN(Cc1ccccc1F)C(=O)c1cccc(Br)c1F. The van der Waals surface area contributed by atoms with Crippen molar-refractivity contribution in [2.45, 2.75) is 6.54 Å². The van der Waals surface area contributed by atoms with Crippen LogP contribution in [0.25, 0.3) is 0 Å². The molecule has 2 aromatic carbocycles. The van der Waals surface area contributed by atoms with Gasteiger partial charge in [0.2, 0.25) is 0 Å². The first-order valence-electron chi connectivity index (χ1n) is 5.93. The predicted octanol–water partition coefficient (Wildman–Crippen LogP) is 4.00. The topological polar surface area (TPSA) is 20.3 Å². The number of hydrogen-bond acceptors (Lipinski definition) is 1. The molecule has 0 aliphatic heterocycles. The summed E-state index contributed by atoms with van der Waals surface area (Å²) in [5, 5.41) is 0. The molecule has 0 spiro atoms. The summed E-state index contributed by atoms with van der Waals surface area (Å²) in [4.78, 5) is 13.5. The zero-order valence-electron chi connectivity index (χ0n) is 10.7. The molecule has 5 heteroatoms. The van der Waals surface area contributed by atoms with E-state index in [0.29, 0.717) is 5.56 Å². The average Bonchev–Trinajstić information content (AvgIpc) is 2.43. The maximum atomic E-state index is 13.9. The van der Waals surface area contributed by atoms with Crippen LogP contribution in [0.5, 0.6) is 0 Å². The van der Waals surface area contributed by atoms with Crippen LogP contribution in [0.4, 0.5) is 8.78 Å². The highest BCUT2D eigenvalue weighted by Gasteiger charge is 2.18. The quantitative estimate of drug-likeness (QED) is 0.827. The molecule has 0 fully saturated rings. The largest absolute Gasteiger partial charge is 0.337 e. The van der Waals surface area contributed by atoms with Crippen molar-refractivity contribution < 1.29 is 13.6 Å². The molecule has 2 aromatic rings. The molecule has 0 bridgehead atoms. The Morgan fingerprint density at radius 3 is 2.55 bits per heavy atom. The second-order valence-corrected chi connectivity index (χ2v) is 5.21. The summed E-state index contributed by atoms with van der Waals surface area (Å²) in [5.74, 6) is -1.49. The average molecular weight is 340 g/mol. The van der Waals surface area contributed by atoms with Gasteiger partial charge in [-0.2, -0.15) is 0 Å². The van der Waals surface area contributed by atoms with Gasteiger partial charge in [0.05, 0.1) is 10.0 Å². The minimum Gasteiger partial charge on any atom is -0.337 e. The summed E-state index contributed by atoms with van der Waals surface area (Å²) in [6.45, 7) is 0.0808. The Morgan fingerprint density at radius 2 is 1.85 bits per heavy atom. The summed E-state index contributed by atoms with van der Waals surface area (Å²) in [5.41, 5.74) is 0.344.